The number of furan rings is 1. The summed E-state index contributed by atoms with van der Waals surface area (Å²) in [4.78, 5) is 25.5. The number of nitrogens with one attached hydrogen (secondary N) is 1. The van der Waals surface area contributed by atoms with E-state index in [9.17, 15) is 14.7 Å². The minimum Gasteiger partial charge on any atom is -0.481 e. The van der Waals surface area contributed by atoms with Crippen LogP contribution >= 0.6 is 0 Å². The number of carbonyl (C=O) groups is 2. The molecule has 24 heavy (non-hydrogen) atoms. The molecule has 0 aromatic carbocycles. The second kappa shape index (κ2) is 6.15. The monoisotopic (exact) mass is 334 g/mol. The van der Waals surface area contributed by atoms with Gasteiger partial charge in [-0.2, -0.15) is 0 Å². The predicted molar refractivity (Wildman–Crippen MR) is 88.8 cm³/mol. The molecule has 0 saturated carbocycles. The fourth-order valence-corrected chi connectivity index (χ4v) is 3.92. The van der Waals surface area contributed by atoms with Crippen LogP contribution in [0.15, 0.2) is 10.5 Å². The average molecular weight is 334 g/mol. The van der Waals surface area contributed by atoms with Crippen LogP contribution in [-0.4, -0.2) is 35.1 Å². The van der Waals surface area contributed by atoms with Crippen LogP contribution in [0.4, 0.5) is 4.79 Å². The van der Waals surface area contributed by atoms with Crippen LogP contribution in [0.2, 0.25) is 0 Å². The van der Waals surface area contributed by atoms with E-state index in [4.69, 9.17) is 4.42 Å². The summed E-state index contributed by atoms with van der Waals surface area (Å²) in [6.45, 7) is 7.17. The van der Waals surface area contributed by atoms with E-state index in [0.29, 0.717) is 13.0 Å². The molecule has 132 valence electrons. The molecular weight excluding hydrogens is 308 g/mol. The summed E-state index contributed by atoms with van der Waals surface area (Å²) in [5.74, 6) is 0.537. The van der Waals surface area contributed by atoms with Gasteiger partial charge in [0.1, 0.15) is 11.5 Å². The lowest BCUT2D eigenvalue weighted by atomic mass is 9.75. The minimum absolute atomic E-state index is 0.0563. The van der Waals surface area contributed by atoms with Crippen LogP contribution in [0.3, 0.4) is 0 Å². The van der Waals surface area contributed by atoms with Crippen molar-refractivity contribution in [1.29, 1.82) is 0 Å². The van der Waals surface area contributed by atoms with E-state index in [2.05, 4.69) is 19.2 Å². The third-order valence-electron chi connectivity index (χ3n) is 5.09. The summed E-state index contributed by atoms with van der Waals surface area (Å²) < 4.78 is 5.80. The Balaban J connectivity index is 1.73. The van der Waals surface area contributed by atoms with Crippen LogP contribution in [0.25, 0.3) is 0 Å². The highest BCUT2D eigenvalue weighted by Crippen LogP contribution is 2.42. The molecule has 2 amide bonds. The lowest BCUT2D eigenvalue weighted by Gasteiger charge is -2.37. The van der Waals surface area contributed by atoms with Gasteiger partial charge in [0, 0.05) is 25.1 Å². The van der Waals surface area contributed by atoms with E-state index in [-0.39, 0.29) is 24.0 Å². The molecule has 1 saturated heterocycles. The van der Waals surface area contributed by atoms with E-state index in [1.54, 1.807) is 4.90 Å². The van der Waals surface area contributed by atoms with Gasteiger partial charge in [-0.25, -0.2) is 4.79 Å². The average Bonchev–Trinajstić information content (AvgIpc) is 2.86. The Morgan fingerprint density at radius 3 is 2.88 bits per heavy atom. The van der Waals surface area contributed by atoms with E-state index in [1.807, 2.05) is 13.0 Å². The zero-order chi connectivity index (χ0) is 17.5. The number of carboxylic acid groups (broad SMARTS) is 1. The molecule has 6 heteroatoms. The second-order valence-corrected chi connectivity index (χ2v) is 7.91. The van der Waals surface area contributed by atoms with Gasteiger partial charge >= 0.3 is 12.0 Å². The second-order valence-electron chi connectivity index (χ2n) is 7.91. The summed E-state index contributed by atoms with van der Waals surface area (Å²) in [6, 6.07) is 1.75. The predicted octanol–water partition coefficient (Wildman–Crippen LogP) is 3.11. The molecule has 2 atom stereocenters. The first-order valence-corrected chi connectivity index (χ1v) is 8.62. The van der Waals surface area contributed by atoms with Gasteiger partial charge < -0.3 is 19.7 Å². The Morgan fingerprint density at radius 2 is 2.17 bits per heavy atom. The van der Waals surface area contributed by atoms with E-state index < -0.39 is 11.9 Å². The third-order valence-corrected chi connectivity index (χ3v) is 5.09. The molecule has 1 aromatic rings. The zero-order valence-electron chi connectivity index (χ0n) is 14.6. The molecule has 1 fully saturated rings. The van der Waals surface area contributed by atoms with Crippen LogP contribution in [0.5, 0.6) is 0 Å². The Bertz CT molecular complexity index is 649. The zero-order valence-corrected chi connectivity index (χ0v) is 14.6. The number of amides is 2. The molecule has 1 aliphatic carbocycles. The van der Waals surface area contributed by atoms with Gasteiger partial charge in [-0.1, -0.05) is 13.8 Å². The van der Waals surface area contributed by atoms with Crippen molar-refractivity contribution < 1.29 is 19.1 Å². The summed E-state index contributed by atoms with van der Waals surface area (Å²) in [7, 11) is 0. The first kappa shape index (κ1) is 16.9. The van der Waals surface area contributed by atoms with Gasteiger partial charge in [-0.3, -0.25) is 4.79 Å². The number of hydrogen-bond donors (Lipinski definition) is 2. The Hall–Kier alpha value is -1.98. The molecule has 1 aliphatic heterocycles. The number of urea groups is 1. The van der Waals surface area contributed by atoms with Gasteiger partial charge in [0.15, 0.2) is 0 Å². The number of carboxylic acids is 1. The van der Waals surface area contributed by atoms with Gasteiger partial charge in [-0.15, -0.1) is 0 Å². The molecule has 0 radical (unpaired) electrons. The minimum atomic E-state index is -0.820. The summed E-state index contributed by atoms with van der Waals surface area (Å²) in [6.07, 6.45) is 3.09. The van der Waals surface area contributed by atoms with Crippen molar-refractivity contribution in [3.05, 3.63) is 23.2 Å². The topological polar surface area (TPSA) is 82.8 Å². The highest BCUT2D eigenvalue weighted by molar-refractivity contribution is 5.77. The van der Waals surface area contributed by atoms with Crippen molar-refractivity contribution >= 4 is 12.0 Å². The van der Waals surface area contributed by atoms with Gasteiger partial charge in [0.2, 0.25) is 0 Å². The number of aliphatic carboxylic acids is 1. The Labute approximate surface area is 142 Å². The van der Waals surface area contributed by atoms with Gasteiger partial charge in [0.05, 0.1) is 12.0 Å². The number of hydrogen-bond acceptors (Lipinski definition) is 3. The highest BCUT2D eigenvalue weighted by Gasteiger charge is 2.37. The van der Waals surface area contributed by atoms with Crippen LogP contribution in [-0.2, 0) is 11.2 Å². The van der Waals surface area contributed by atoms with Crippen LogP contribution in [0.1, 0.15) is 56.2 Å². The van der Waals surface area contributed by atoms with Crippen molar-refractivity contribution in [2.75, 3.05) is 13.1 Å². The maximum Gasteiger partial charge on any atom is 0.317 e. The maximum atomic E-state index is 12.7. The van der Waals surface area contributed by atoms with Crippen molar-refractivity contribution in [2.24, 2.45) is 11.3 Å². The molecule has 3 rings (SSSR count). The van der Waals surface area contributed by atoms with Gasteiger partial charge in [0.25, 0.3) is 0 Å². The summed E-state index contributed by atoms with van der Waals surface area (Å²) >= 11 is 0. The number of fused-ring (bicyclic) bond motifs is 1. The Morgan fingerprint density at radius 1 is 1.42 bits per heavy atom. The normalized spacial score (nSPS) is 25.9. The molecule has 2 heterocycles. The number of nitrogens with zero attached hydrogens (tertiary/aromatic N) is 1. The van der Waals surface area contributed by atoms with E-state index in [1.165, 1.54) is 0 Å². The summed E-state index contributed by atoms with van der Waals surface area (Å²) in [5.41, 5.74) is 1.12. The number of likely N-dealkylation sites (tertiary alicyclic amines) is 1. The fraction of sp³-hybridized carbons (Fsp3) is 0.667. The molecule has 2 aliphatic rings. The molecule has 0 spiro atoms. The molecule has 1 aromatic heterocycles. The lowest BCUT2D eigenvalue weighted by molar-refractivity contribution is -0.143. The van der Waals surface area contributed by atoms with E-state index >= 15 is 0 Å². The molecule has 2 unspecified atom stereocenters. The highest BCUT2D eigenvalue weighted by atomic mass is 16.4. The van der Waals surface area contributed by atoms with Crippen molar-refractivity contribution in [3.63, 3.8) is 0 Å². The Kier molecular flexibility index (Phi) is 4.32. The molecule has 0 bridgehead atoms. The number of rotatable bonds is 2. The number of aryl methyl sites for hydroxylation is 1. The largest absolute Gasteiger partial charge is 0.481 e. The van der Waals surface area contributed by atoms with Crippen LogP contribution < -0.4 is 5.32 Å². The SMILES string of the molecule is Cc1cc2c(o1)CC(C)(C)CC2NC(=O)N1CCCC(C(=O)O)C1. The smallest absolute Gasteiger partial charge is 0.317 e. The quantitative estimate of drug-likeness (QED) is 0.870. The fourth-order valence-electron chi connectivity index (χ4n) is 3.92. The number of carbonyl (C=O) groups excluding carboxylic acids is 1. The maximum absolute atomic E-state index is 12.7. The van der Waals surface area contributed by atoms with Gasteiger partial charge in [-0.05, 0) is 37.7 Å². The third kappa shape index (κ3) is 3.42. The molecular formula is C18H26N2O4. The van der Waals surface area contributed by atoms with Crippen molar-refractivity contribution in [3.8, 4) is 0 Å². The lowest BCUT2D eigenvalue weighted by Crippen LogP contribution is -2.48. The number of piperidine rings is 1. The van der Waals surface area contributed by atoms with Crippen molar-refractivity contribution in [1.82, 2.24) is 10.2 Å². The molecule has 6 nitrogen and oxygen atoms in total. The van der Waals surface area contributed by atoms with E-state index in [0.717, 1.165) is 36.3 Å². The van der Waals surface area contributed by atoms with Crippen LogP contribution in [0, 0.1) is 18.3 Å². The molecule has 2 N–H and O–H groups in total. The van der Waals surface area contributed by atoms with Crippen molar-refractivity contribution in [2.45, 2.75) is 52.5 Å². The standard InChI is InChI=1S/C18H26N2O4/c1-11-7-13-14(8-18(2,3)9-15(13)24-11)19-17(23)20-6-4-5-12(10-20)16(21)22/h7,12,14H,4-6,8-10H2,1-3H3,(H,19,23)(H,21,22). The first-order chi connectivity index (χ1) is 11.2. The summed E-state index contributed by atoms with van der Waals surface area (Å²) in [5, 5.41) is 12.3. The first-order valence-electron chi connectivity index (χ1n) is 8.62.